The fraction of sp³-hybridized carbons (Fsp3) is 0.417. The summed E-state index contributed by atoms with van der Waals surface area (Å²) >= 11 is 5.73. The Morgan fingerprint density at radius 3 is 2.37 bits per heavy atom. The number of sulfonamides is 1. The number of carbonyl (C=O) groups is 1. The molecule has 1 N–H and O–H groups in total. The van der Waals surface area contributed by atoms with Gasteiger partial charge in [0.15, 0.2) is 0 Å². The van der Waals surface area contributed by atoms with Crippen LogP contribution in [0.15, 0.2) is 24.3 Å². The van der Waals surface area contributed by atoms with Crippen LogP contribution in [0.25, 0.3) is 0 Å². The van der Waals surface area contributed by atoms with E-state index in [1.165, 1.54) is 0 Å². The lowest BCUT2D eigenvalue weighted by molar-refractivity contribution is -0.116. The second-order valence-corrected chi connectivity index (χ2v) is 6.57. The SMILES string of the molecule is CCCN(CC(=O)Nc1ccc(Cl)cc1)S(C)(=O)=O. The molecule has 0 saturated carbocycles. The Bertz CT molecular complexity index is 528. The molecule has 0 spiro atoms. The van der Waals surface area contributed by atoms with Crippen LogP contribution in [0.4, 0.5) is 5.69 Å². The van der Waals surface area contributed by atoms with Gasteiger partial charge in [-0.2, -0.15) is 4.31 Å². The fourth-order valence-corrected chi connectivity index (χ4v) is 2.50. The number of nitrogens with one attached hydrogen (secondary N) is 1. The summed E-state index contributed by atoms with van der Waals surface area (Å²) in [7, 11) is -3.37. The molecule has 0 heterocycles. The summed E-state index contributed by atoms with van der Waals surface area (Å²) in [5.74, 6) is -0.374. The summed E-state index contributed by atoms with van der Waals surface area (Å²) in [6.45, 7) is 2.00. The lowest BCUT2D eigenvalue weighted by Gasteiger charge is -2.18. The number of halogens is 1. The maximum Gasteiger partial charge on any atom is 0.239 e. The number of rotatable bonds is 6. The highest BCUT2D eigenvalue weighted by molar-refractivity contribution is 7.88. The average molecular weight is 305 g/mol. The molecule has 5 nitrogen and oxygen atoms in total. The molecule has 0 aliphatic carbocycles. The molecule has 0 aliphatic heterocycles. The standard InChI is InChI=1S/C12H17ClN2O3S/c1-3-8-15(19(2,17)18)9-12(16)14-11-6-4-10(13)5-7-11/h4-7H,3,8-9H2,1-2H3,(H,14,16). The van der Waals surface area contributed by atoms with Crippen molar-refractivity contribution in [2.45, 2.75) is 13.3 Å². The summed E-state index contributed by atoms with van der Waals surface area (Å²) in [4.78, 5) is 11.8. The van der Waals surface area contributed by atoms with Gasteiger partial charge in [0.1, 0.15) is 0 Å². The number of anilines is 1. The number of amides is 1. The van der Waals surface area contributed by atoms with Gasteiger partial charge in [0.25, 0.3) is 0 Å². The Kier molecular flexibility index (Phi) is 5.78. The first-order valence-corrected chi connectivity index (χ1v) is 8.06. The molecule has 1 aromatic carbocycles. The largest absolute Gasteiger partial charge is 0.325 e. The Morgan fingerprint density at radius 1 is 1.32 bits per heavy atom. The van der Waals surface area contributed by atoms with Crippen molar-refractivity contribution in [3.63, 3.8) is 0 Å². The van der Waals surface area contributed by atoms with Crippen molar-refractivity contribution in [3.05, 3.63) is 29.3 Å². The molecule has 0 atom stereocenters. The van der Waals surface area contributed by atoms with Crippen LogP contribution in [0.2, 0.25) is 5.02 Å². The third-order valence-corrected chi connectivity index (χ3v) is 3.89. The van der Waals surface area contributed by atoms with Gasteiger partial charge in [-0.25, -0.2) is 8.42 Å². The van der Waals surface area contributed by atoms with E-state index in [0.29, 0.717) is 23.7 Å². The van der Waals surface area contributed by atoms with E-state index in [1.54, 1.807) is 24.3 Å². The van der Waals surface area contributed by atoms with Crippen LogP contribution in [0.3, 0.4) is 0 Å². The third kappa shape index (κ3) is 5.59. The van der Waals surface area contributed by atoms with E-state index in [1.807, 2.05) is 6.92 Å². The first-order chi connectivity index (χ1) is 8.82. The van der Waals surface area contributed by atoms with Gasteiger partial charge in [0.05, 0.1) is 12.8 Å². The first kappa shape index (κ1) is 15.9. The molecule has 1 aromatic rings. The van der Waals surface area contributed by atoms with E-state index >= 15 is 0 Å². The van der Waals surface area contributed by atoms with Crippen molar-refractivity contribution in [3.8, 4) is 0 Å². The zero-order chi connectivity index (χ0) is 14.5. The molecule has 0 unspecified atom stereocenters. The molecule has 0 fully saturated rings. The molecule has 0 saturated heterocycles. The Hall–Kier alpha value is -1.11. The topological polar surface area (TPSA) is 66.5 Å². The van der Waals surface area contributed by atoms with Crippen LogP contribution >= 0.6 is 11.6 Å². The minimum Gasteiger partial charge on any atom is -0.325 e. The number of nitrogens with zero attached hydrogens (tertiary/aromatic N) is 1. The maximum absolute atomic E-state index is 11.8. The molecule has 0 bridgehead atoms. The van der Waals surface area contributed by atoms with Crippen LogP contribution in [0.5, 0.6) is 0 Å². The summed E-state index contributed by atoms with van der Waals surface area (Å²) in [5.41, 5.74) is 0.583. The molecular weight excluding hydrogens is 288 g/mol. The lowest BCUT2D eigenvalue weighted by Crippen LogP contribution is -2.37. The van der Waals surface area contributed by atoms with Gasteiger partial charge in [0, 0.05) is 17.3 Å². The summed E-state index contributed by atoms with van der Waals surface area (Å²) in [6.07, 6.45) is 1.75. The van der Waals surface area contributed by atoms with E-state index in [0.717, 1.165) is 10.6 Å². The van der Waals surface area contributed by atoms with Gasteiger partial charge >= 0.3 is 0 Å². The quantitative estimate of drug-likeness (QED) is 0.873. The molecule has 1 amide bonds. The molecule has 0 aliphatic rings. The van der Waals surface area contributed by atoms with Gasteiger partial charge in [0.2, 0.25) is 15.9 Å². The van der Waals surface area contributed by atoms with Crippen molar-refractivity contribution >= 4 is 33.2 Å². The van der Waals surface area contributed by atoms with Crippen molar-refractivity contribution in [1.82, 2.24) is 4.31 Å². The predicted molar refractivity (Wildman–Crippen MR) is 76.8 cm³/mol. The fourth-order valence-electron chi connectivity index (χ4n) is 1.51. The minimum atomic E-state index is -3.37. The Labute approximate surface area is 118 Å². The Balaban J connectivity index is 2.65. The summed E-state index contributed by atoms with van der Waals surface area (Å²) in [5, 5.41) is 3.20. The van der Waals surface area contributed by atoms with Crippen molar-refractivity contribution in [1.29, 1.82) is 0 Å². The van der Waals surface area contributed by atoms with Crippen molar-refractivity contribution in [2.24, 2.45) is 0 Å². The van der Waals surface area contributed by atoms with Gasteiger partial charge < -0.3 is 5.32 Å². The van der Waals surface area contributed by atoms with Gasteiger partial charge in [-0.15, -0.1) is 0 Å². The second-order valence-electron chi connectivity index (χ2n) is 4.15. The van der Waals surface area contributed by atoms with E-state index in [4.69, 9.17) is 11.6 Å². The molecule has 0 aromatic heterocycles. The van der Waals surface area contributed by atoms with Crippen LogP contribution in [0, 0.1) is 0 Å². The zero-order valence-electron chi connectivity index (χ0n) is 10.9. The van der Waals surface area contributed by atoms with Crippen molar-refractivity contribution < 1.29 is 13.2 Å². The van der Waals surface area contributed by atoms with Gasteiger partial charge in [-0.05, 0) is 30.7 Å². The van der Waals surface area contributed by atoms with E-state index < -0.39 is 10.0 Å². The predicted octanol–water partition coefficient (Wildman–Crippen LogP) is 1.95. The van der Waals surface area contributed by atoms with Gasteiger partial charge in [-0.1, -0.05) is 18.5 Å². The van der Waals surface area contributed by atoms with Crippen LogP contribution in [-0.2, 0) is 14.8 Å². The summed E-state index contributed by atoms with van der Waals surface area (Å²) in [6, 6.07) is 6.62. The van der Waals surface area contributed by atoms with E-state index in [2.05, 4.69) is 5.32 Å². The number of benzene rings is 1. The molecular formula is C12H17ClN2O3S. The molecule has 19 heavy (non-hydrogen) atoms. The first-order valence-electron chi connectivity index (χ1n) is 5.83. The van der Waals surface area contributed by atoms with Crippen LogP contribution in [-0.4, -0.2) is 38.0 Å². The number of hydrogen-bond donors (Lipinski definition) is 1. The highest BCUT2D eigenvalue weighted by Gasteiger charge is 2.18. The lowest BCUT2D eigenvalue weighted by atomic mass is 10.3. The number of hydrogen-bond acceptors (Lipinski definition) is 3. The van der Waals surface area contributed by atoms with Crippen LogP contribution < -0.4 is 5.32 Å². The molecule has 1 rings (SSSR count). The zero-order valence-corrected chi connectivity index (χ0v) is 12.5. The van der Waals surface area contributed by atoms with Crippen molar-refractivity contribution in [2.75, 3.05) is 24.7 Å². The average Bonchev–Trinajstić information content (AvgIpc) is 2.30. The number of carbonyl (C=O) groups excluding carboxylic acids is 1. The maximum atomic E-state index is 11.8. The monoisotopic (exact) mass is 304 g/mol. The third-order valence-electron chi connectivity index (χ3n) is 2.39. The normalized spacial score (nSPS) is 11.6. The molecule has 106 valence electrons. The molecule has 7 heteroatoms. The van der Waals surface area contributed by atoms with E-state index in [-0.39, 0.29) is 12.5 Å². The minimum absolute atomic E-state index is 0.185. The highest BCUT2D eigenvalue weighted by atomic mass is 35.5. The van der Waals surface area contributed by atoms with Gasteiger partial charge in [-0.3, -0.25) is 4.79 Å². The smallest absolute Gasteiger partial charge is 0.239 e. The highest BCUT2D eigenvalue weighted by Crippen LogP contribution is 2.13. The second kappa shape index (κ2) is 6.88. The van der Waals surface area contributed by atoms with Crippen LogP contribution in [0.1, 0.15) is 13.3 Å². The summed E-state index contributed by atoms with van der Waals surface area (Å²) < 4.78 is 24.1. The molecule has 0 radical (unpaired) electrons. The van der Waals surface area contributed by atoms with E-state index in [9.17, 15) is 13.2 Å². The Morgan fingerprint density at radius 2 is 1.89 bits per heavy atom.